The van der Waals surface area contributed by atoms with Crippen molar-refractivity contribution in [2.75, 3.05) is 16.2 Å². The molecule has 0 unspecified atom stereocenters. The summed E-state index contributed by atoms with van der Waals surface area (Å²) in [6, 6.07) is 16.4. The number of halogens is 1. The molecule has 0 saturated heterocycles. The second-order valence-corrected chi connectivity index (χ2v) is 8.03. The molecule has 1 aromatic heterocycles. The number of pyridine rings is 1. The lowest BCUT2D eigenvalue weighted by atomic mass is 10.0. The van der Waals surface area contributed by atoms with Crippen LogP contribution in [0.3, 0.4) is 0 Å². The van der Waals surface area contributed by atoms with E-state index in [9.17, 15) is 12.8 Å². The second kappa shape index (κ2) is 7.00. The van der Waals surface area contributed by atoms with Crippen molar-refractivity contribution in [3.05, 3.63) is 78.2 Å². The molecule has 2 aromatic carbocycles. The lowest BCUT2D eigenvalue weighted by Gasteiger charge is -2.31. The number of anilines is 3. The monoisotopic (exact) mass is 383 g/mol. The first-order valence-corrected chi connectivity index (χ1v) is 10.1. The van der Waals surface area contributed by atoms with Crippen LogP contribution in [0.1, 0.15) is 12.0 Å². The molecular weight excluding hydrogens is 365 g/mol. The van der Waals surface area contributed by atoms with Gasteiger partial charge in [-0.15, -0.1) is 0 Å². The lowest BCUT2D eigenvalue weighted by Crippen LogP contribution is -2.24. The Morgan fingerprint density at radius 1 is 1.00 bits per heavy atom. The van der Waals surface area contributed by atoms with Crippen LogP contribution in [-0.4, -0.2) is 19.9 Å². The highest BCUT2D eigenvalue weighted by Crippen LogP contribution is 2.33. The van der Waals surface area contributed by atoms with Gasteiger partial charge in [0.05, 0.1) is 16.8 Å². The van der Waals surface area contributed by atoms with Gasteiger partial charge in [-0.25, -0.2) is 17.8 Å². The summed E-state index contributed by atoms with van der Waals surface area (Å²) in [7, 11) is -3.81. The van der Waals surface area contributed by atoms with Crippen LogP contribution in [0.2, 0.25) is 0 Å². The SMILES string of the molecule is O=S(=O)(Nc1ccc(N2CCCc3ccccc32)cn1)c1ccc(F)cc1. The third kappa shape index (κ3) is 3.64. The van der Waals surface area contributed by atoms with E-state index < -0.39 is 15.8 Å². The maximum Gasteiger partial charge on any atom is 0.263 e. The van der Waals surface area contributed by atoms with Crippen LogP contribution in [-0.2, 0) is 16.4 Å². The first-order chi connectivity index (χ1) is 13.0. The number of fused-ring (bicyclic) bond motifs is 1. The molecule has 7 heteroatoms. The van der Waals surface area contributed by atoms with E-state index in [0.29, 0.717) is 0 Å². The fourth-order valence-corrected chi connectivity index (χ4v) is 4.23. The number of hydrogen-bond acceptors (Lipinski definition) is 4. The van der Waals surface area contributed by atoms with E-state index in [1.807, 2.05) is 18.2 Å². The Morgan fingerprint density at radius 2 is 1.78 bits per heavy atom. The number of para-hydroxylation sites is 1. The fraction of sp³-hybridized carbons (Fsp3) is 0.150. The molecule has 4 rings (SSSR count). The van der Waals surface area contributed by atoms with Crippen molar-refractivity contribution in [1.29, 1.82) is 0 Å². The molecule has 0 atom stereocenters. The molecule has 1 aliphatic rings. The number of rotatable bonds is 4. The van der Waals surface area contributed by atoms with Crippen LogP contribution in [0.4, 0.5) is 21.6 Å². The van der Waals surface area contributed by atoms with E-state index in [-0.39, 0.29) is 10.7 Å². The molecule has 0 saturated carbocycles. The van der Waals surface area contributed by atoms with Crippen LogP contribution in [0.25, 0.3) is 0 Å². The van der Waals surface area contributed by atoms with Crippen molar-refractivity contribution in [3.63, 3.8) is 0 Å². The smallest absolute Gasteiger partial charge is 0.263 e. The van der Waals surface area contributed by atoms with Crippen molar-refractivity contribution in [3.8, 4) is 0 Å². The van der Waals surface area contributed by atoms with Crippen LogP contribution in [0.15, 0.2) is 71.8 Å². The van der Waals surface area contributed by atoms with Gasteiger partial charge in [0.1, 0.15) is 11.6 Å². The highest BCUT2D eigenvalue weighted by molar-refractivity contribution is 7.92. The van der Waals surface area contributed by atoms with E-state index in [4.69, 9.17) is 0 Å². The Balaban J connectivity index is 1.56. The van der Waals surface area contributed by atoms with E-state index >= 15 is 0 Å². The molecule has 0 bridgehead atoms. The summed E-state index contributed by atoms with van der Waals surface area (Å²) in [5.74, 6) is -0.272. The predicted octanol–water partition coefficient (Wildman–Crippen LogP) is 4.11. The van der Waals surface area contributed by atoms with Gasteiger partial charge in [-0.2, -0.15) is 0 Å². The van der Waals surface area contributed by atoms with Gasteiger partial charge in [0.15, 0.2) is 0 Å². The summed E-state index contributed by atoms with van der Waals surface area (Å²) in [4.78, 5) is 6.42. The van der Waals surface area contributed by atoms with Gasteiger partial charge in [-0.3, -0.25) is 4.72 Å². The number of aryl methyl sites for hydroxylation is 1. The number of benzene rings is 2. The van der Waals surface area contributed by atoms with Gasteiger partial charge in [-0.1, -0.05) is 18.2 Å². The van der Waals surface area contributed by atoms with Gasteiger partial charge >= 0.3 is 0 Å². The number of aromatic nitrogens is 1. The standard InChI is InChI=1S/C20H18FN3O2S/c21-16-7-10-18(11-8-16)27(25,26)23-20-12-9-17(14-22-20)24-13-3-5-15-4-1-2-6-19(15)24/h1-2,4,6-12,14H,3,5,13H2,(H,22,23). The molecule has 0 spiro atoms. The second-order valence-electron chi connectivity index (χ2n) is 6.34. The largest absolute Gasteiger partial charge is 0.340 e. The summed E-state index contributed by atoms with van der Waals surface area (Å²) in [5, 5.41) is 0. The average molecular weight is 383 g/mol. The average Bonchev–Trinajstić information content (AvgIpc) is 2.68. The van der Waals surface area contributed by atoms with Crippen molar-refractivity contribution < 1.29 is 12.8 Å². The first kappa shape index (κ1) is 17.5. The maximum atomic E-state index is 13.0. The molecule has 0 aliphatic carbocycles. The van der Waals surface area contributed by atoms with Gasteiger partial charge in [-0.05, 0) is 60.9 Å². The van der Waals surface area contributed by atoms with Gasteiger partial charge in [0, 0.05) is 12.2 Å². The molecular formula is C20H18FN3O2S. The Hall–Kier alpha value is -2.93. The van der Waals surface area contributed by atoms with Crippen molar-refractivity contribution in [2.45, 2.75) is 17.7 Å². The number of sulfonamides is 1. The number of hydrogen-bond donors (Lipinski definition) is 1. The third-order valence-electron chi connectivity index (χ3n) is 4.53. The Labute approximate surface area is 157 Å². The number of nitrogens with one attached hydrogen (secondary N) is 1. The van der Waals surface area contributed by atoms with Crippen LogP contribution < -0.4 is 9.62 Å². The maximum absolute atomic E-state index is 13.0. The third-order valence-corrected chi connectivity index (χ3v) is 5.90. The number of nitrogens with zero attached hydrogens (tertiary/aromatic N) is 2. The molecule has 0 radical (unpaired) electrons. The Morgan fingerprint density at radius 3 is 2.52 bits per heavy atom. The quantitative estimate of drug-likeness (QED) is 0.737. The van der Waals surface area contributed by atoms with Gasteiger partial charge in [0.25, 0.3) is 10.0 Å². The zero-order valence-electron chi connectivity index (χ0n) is 14.5. The van der Waals surface area contributed by atoms with E-state index in [2.05, 4.69) is 26.7 Å². The summed E-state index contributed by atoms with van der Waals surface area (Å²) in [6.07, 6.45) is 3.76. The van der Waals surface area contributed by atoms with E-state index in [1.54, 1.807) is 12.3 Å². The minimum absolute atomic E-state index is 0.0141. The summed E-state index contributed by atoms with van der Waals surface area (Å²) in [6.45, 7) is 0.888. The summed E-state index contributed by atoms with van der Waals surface area (Å²) < 4.78 is 40.2. The molecule has 5 nitrogen and oxygen atoms in total. The Kier molecular flexibility index (Phi) is 4.53. The minimum Gasteiger partial charge on any atom is -0.340 e. The summed E-state index contributed by atoms with van der Waals surface area (Å²) >= 11 is 0. The fourth-order valence-electron chi connectivity index (χ4n) is 3.22. The van der Waals surface area contributed by atoms with Crippen molar-refractivity contribution >= 4 is 27.2 Å². The first-order valence-electron chi connectivity index (χ1n) is 8.63. The summed E-state index contributed by atoms with van der Waals surface area (Å²) in [5.41, 5.74) is 3.36. The zero-order chi connectivity index (χ0) is 18.9. The molecule has 0 fully saturated rings. The van der Waals surface area contributed by atoms with Crippen LogP contribution in [0, 0.1) is 5.82 Å². The highest BCUT2D eigenvalue weighted by atomic mass is 32.2. The lowest BCUT2D eigenvalue weighted by molar-refractivity contribution is 0.599. The van der Waals surface area contributed by atoms with Crippen LogP contribution >= 0.6 is 0 Å². The topological polar surface area (TPSA) is 62.3 Å². The normalized spacial score (nSPS) is 13.9. The highest BCUT2D eigenvalue weighted by Gasteiger charge is 2.19. The van der Waals surface area contributed by atoms with E-state index in [0.717, 1.165) is 42.9 Å². The molecule has 2 heterocycles. The Bertz CT molecular complexity index is 1050. The molecule has 1 aliphatic heterocycles. The van der Waals surface area contributed by atoms with Gasteiger partial charge < -0.3 is 4.90 Å². The predicted molar refractivity (Wildman–Crippen MR) is 103 cm³/mol. The molecule has 3 aromatic rings. The van der Waals surface area contributed by atoms with Crippen LogP contribution in [0.5, 0.6) is 0 Å². The molecule has 27 heavy (non-hydrogen) atoms. The zero-order valence-corrected chi connectivity index (χ0v) is 15.3. The molecule has 0 amide bonds. The van der Waals surface area contributed by atoms with Crippen molar-refractivity contribution in [1.82, 2.24) is 4.98 Å². The van der Waals surface area contributed by atoms with Gasteiger partial charge in [0.2, 0.25) is 0 Å². The molecule has 138 valence electrons. The molecule has 1 N–H and O–H groups in total. The van der Waals surface area contributed by atoms with E-state index in [1.165, 1.54) is 17.7 Å². The van der Waals surface area contributed by atoms with Crippen molar-refractivity contribution in [2.24, 2.45) is 0 Å². The minimum atomic E-state index is -3.81.